The van der Waals surface area contributed by atoms with Crippen LogP contribution in [0.1, 0.15) is 56.7 Å². The van der Waals surface area contributed by atoms with Crippen molar-refractivity contribution in [2.75, 3.05) is 7.05 Å². The zero-order chi connectivity index (χ0) is 13.0. The van der Waals surface area contributed by atoms with Gasteiger partial charge in [-0.1, -0.05) is 26.7 Å². The average Bonchev–Trinajstić information content (AvgIpc) is 2.40. The highest BCUT2D eigenvalue weighted by atomic mass is 14.9. The Morgan fingerprint density at radius 1 is 1.44 bits per heavy atom. The summed E-state index contributed by atoms with van der Waals surface area (Å²) in [4.78, 5) is 4.27. The molecule has 0 aliphatic heterocycles. The van der Waals surface area contributed by atoms with E-state index in [9.17, 15) is 0 Å². The lowest BCUT2D eigenvalue weighted by atomic mass is 9.76. The van der Waals surface area contributed by atoms with Gasteiger partial charge in [0.15, 0.2) is 0 Å². The first-order valence-corrected chi connectivity index (χ1v) is 7.36. The standard InChI is InChI=1S/C16H26N2/c1-4-13-11-18-9-8-15(13)16(17-3)14-7-5-6-12(2)10-14/h8-9,11-12,14,16-17H,4-7,10H2,1-3H3. The molecule has 2 nitrogen and oxygen atoms in total. The molecular weight excluding hydrogens is 220 g/mol. The van der Waals surface area contributed by atoms with E-state index in [0.29, 0.717) is 6.04 Å². The van der Waals surface area contributed by atoms with Crippen LogP contribution in [-0.2, 0) is 6.42 Å². The fourth-order valence-electron chi connectivity index (χ4n) is 3.47. The molecule has 1 aliphatic carbocycles. The van der Waals surface area contributed by atoms with Gasteiger partial charge in [-0.2, -0.15) is 0 Å². The van der Waals surface area contributed by atoms with Crippen LogP contribution in [0.15, 0.2) is 18.5 Å². The Hall–Kier alpha value is -0.890. The number of aryl methyl sites for hydroxylation is 1. The van der Waals surface area contributed by atoms with Crippen LogP contribution >= 0.6 is 0 Å². The topological polar surface area (TPSA) is 24.9 Å². The third kappa shape index (κ3) is 2.92. The van der Waals surface area contributed by atoms with Gasteiger partial charge in [0.2, 0.25) is 0 Å². The molecule has 1 N–H and O–H groups in total. The Labute approximate surface area is 111 Å². The van der Waals surface area contributed by atoms with E-state index < -0.39 is 0 Å². The molecule has 100 valence electrons. The molecule has 3 atom stereocenters. The smallest absolute Gasteiger partial charge is 0.0350 e. The second kappa shape index (κ2) is 6.33. The minimum absolute atomic E-state index is 0.505. The van der Waals surface area contributed by atoms with Gasteiger partial charge in [-0.15, -0.1) is 0 Å². The maximum absolute atomic E-state index is 4.27. The van der Waals surface area contributed by atoms with Crippen molar-refractivity contribution in [1.29, 1.82) is 0 Å². The highest BCUT2D eigenvalue weighted by Crippen LogP contribution is 2.37. The van der Waals surface area contributed by atoms with E-state index in [0.717, 1.165) is 18.3 Å². The molecule has 0 saturated heterocycles. The van der Waals surface area contributed by atoms with Crippen LogP contribution in [0.3, 0.4) is 0 Å². The maximum atomic E-state index is 4.27. The summed E-state index contributed by atoms with van der Waals surface area (Å²) in [7, 11) is 2.10. The Bertz CT molecular complexity index is 375. The van der Waals surface area contributed by atoms with Crippen LogP contribution in [0.5, 0.6) is 0 Å². The number of pyridine rings is 1. The summed E-state index contributed by atoms with van der Waals surface area (Å²) >= 11 is 0. The number of hydrogen-bond acceptors (Lipinski definition) is 2. The molecule has 2 rings (SSSR count). The fraction of sp³-hybridized carbons (Fsp3) is 0.688. The molecule has 1 aromatic rings. The van der Waals surface area contributed by atoms with Gasteiger partial charge in [0, 0.05) is 18.4 Å². The van der Waals surface area contributed by atoms with Gasteiger partial charge in [0.05, 0.1) is 0 Å². The quantitative estimate of drug-likeness (QED) is 0.875. The van der Waals surface area contributed by atoms with Crippen LogP contribution in [-0.4, -0.2) is 12.0 Å². The van der Waals surface area contributed by atoms with Crippen molar-refractivity contribution in [3.8, 4) is 0 Å². The van der Waals surface area contributed by atoms with Crippen molar-refractivity contribution in [3.63, 3.8) is 0 Å². The average molecular weight is 246 g/mol. The van der Waals surface area contributed by atoms with Crippen LogP contribution in [0, 0.1) is 11.8 Å². The molecule has 2 heteroatoms. The molecule has 0 spiro atoms. The number of rotatable bonds is 4. The predicted octanol–water partition coefficient (Wildman–Crippen LogP) is 3.73. The zero-order valence-corrected chi connectivity index (χ0v) is 11.9. The molecule has 0 radical (unpaired) electrons. The van der Waals surface area contributed by atoms with Crippen LogP contribution < -0.4 is 5.32 Å². The Balaban J connectivity index is 2.21. The maximum Gasteiger partial charge on any atom is 0.0350 e. The van der Waals surface area contributed by atoms with Crippen molar-refractivity contribution in [2.24, 2.45) is 11.8 Å². The number of aromatic nitrogens is 1. The van der Waals surface area contributed by atoms with Crippen LogP contribution in [0.4, 0.5) is 0 Å². The highest BCUT2D eigenvalue weighted by Gasteiger charge is 2.27. The van der Waals surface area contributed by atoms with Crippen LogP contribution in [0.25, 0.3) is 0 Å². The van der Waals surface area contributed by atoms with Gasteiger partial charge >= 0.3 is 0 Å². The summed E-state index contributed by atoms with van der Waals surface area (Å²) < 4.78 is 0. The monoisotopic (exact) mass is 246 g/mol. The van der Waals surface area contributed by atoms with Crippen molar-refractivity contribution < 1.29 is 0 Å². The lowest BCUT2D eigenvalue weighted by molar-refractivity contribution is 0.229. The van der Waals surface area contributed by atoms with Gasteiger partial charge in [-0.25, -0.2) is 0 Å². The van der Waals surface area contributed by atoms with Gasteiger partial charge in [-0.3, -0.25) is 4.98 Å². The second-order valence-electron chi connectivity index (χ2n) is 5.73. The van der Waals surface area contributed by atoms with E-state index in [1.54, 1.807) is 0 Å². The largest absolute Gasteiger partial charge is 0.313 e. The normalized spacial score (nSPS) is 25.9. The molecule has 0 amide bonds. The molecule has 1 saturated carbocycles. The Morgan fingerprint density at radius 2 is 2.28 bits per heavy atom. The molecular formula is C16H26N2. The Morgan fingerprint density at radius 3 is 2.94 bits per heavy atom. The van der Waals surface area contributed by atoms with E-state index in [4.69, 9.17) is 0 Å². The van der Waals surface area contributed by atoms with Crippen molar-refractivity contribution >= 4 is 0 Å². The molecule has 1 aromatic heterocycles. The summed E-state index contributed by atoms with van der Waals surface area (Å²) in [5.74, 6) is 1.66. The molecule has 1 aliphatic rings. The molecule has 1 fully saturated rings. The second-order valence-corrected chi connectivity index (χ2v) is 5.73. The highest BCUT2D eigenvalue weighted by molar-refractivity contribution is 5.27. The lowest BCUT2D eigenvalue weighted by Crippen LogP contribution is -2.29. The zero-order valence-electron chi connectivity index (χ0n) is 11.9. The van der Waals surface area contributed by atoms with E-state index in [2.05, 4.69) is 37.3 Å². The van der Waals surface area contributed by atoms with Crippen molar-refractivity contribution in [3.05, 3.63) is 29.6 Å². The molecule has 0 bridgehead atoms. The first-order chi connectivity index (χ1) is 8.76. The third-order valence-electron chi connectivity index (χ3n) is 4.42. The van der Waals surface area contributed by atoms with Gasteiger partial charge in [0.25, 0.3) is 0 Å². The lowest BCUT2D eigenvalue weighted by Gasteiger charge is -2.34. The molecule has 0 aromatic carbocycles. The summed E-state index contributed by atoms with van der Waals surface area (Å²) in [6.07, 6.45) is 10.6. The first kappa shape index (κ1) is 13.5. The minimum atomic E-state index is 0.505. The summed E-state index contributed by atoms with van der Waals surface area (Å²) in [5.41, 5.74) is 2.86. The van der Waals surface area contributed by atoms with E-state index in [1.165, 1.54) is 36.8 Å². The Kier molecular flexibility index (Phi) is 4.76. The van der Waals surface area contributed by atoms with Gasteiger partial charge < -0.3 is 5.32 Å². The predicted molar refractivity (Wildman–Crippen MR) is 76.5 cm³/mol. The van der Waals surface area contributed by atoms with E-state index in [1.807, 2.05) is 12.4 Å². The van der Waals surface area contributed by atoms with E-state index in [-0.39, 0.29) is 0 Å². The minimum Gasteiger partial charge on any atom is -0.313 e. The summed E-state index contributed by atoms with van der Waals surface area (Å²) in [6.45, 7) is 4.61. The SMILES string of the molecule is CCc1cnccc1C(NC)C1CCCC(C)C1. The van der Waals surface area contributed by atoms with Crippen molar-refractivity contribution in [1.82, 2.24) is 10.3 Å². The number of hydrogen-bond donors (Lipinski definition) is 1. The summed E-state index contributed by atoms with van der Waals surface area (Å²) in [6, 6.07) is 2.71. The van der Waals surface area contributed by atoms with Gasteiger partial charge in [-0.05, 0) is 55.3 Å². The van der Waals surface area contributed by atoms with E-state index >= 15 is 0 Å². The molecule has 3 unspecified atom stereocenters. The van der Waals surface area contributed by atoms with Crippen LogP contribution in [0.2, 0.25) is 0 Å². The third-order valence-corrected chi connectivity index (χ3v) is 4.42. The number of nitrogens with zero attached hydrogens (tertiary/aromatic N) is 1. The van der Waals surface area contributed by atoms with Gasteiger partial charge in [0.1, 0.15) is 0 Å². The summed E-state index contributed by atoms with van der Waals surface area (Å²) in [5, 5.41) is 3.56. The first-order valence-electron chi connectivity index (χ1n) is 7.36. The molecule has 18 heavy (non-hydrogen) atoms. The van der Waals surface area contributed by atoms with Crippen molar-refractivity contribution in [2.45, 2.75) is 52.0 Å². The molecule has 1 heterocycles. The number of nitrogens with one attached hydrogen (secondary N) is 1. The fourth-order valence-corrected chi connectivity index (χ4v) is 3.47.